The number of hydrogen-bond acceptors (Lipinski definition) is 4. The highest BCUT2D eigenvalue weighted by atomic mass is 127. The number of alkyl halides is 1. The van der Waals surface area contributed by atoms with E-state index in [1.54, 1.807) is 0 Å². The summed E-state index contributed by atoms with van der Waals surface area (Å²) in [7, 11) is -7.75. The topological polar surface area (TPSA) is 71.5 Å². The van der Waals surface area contributed by atoms with Gasteiger partial charge < -0.3 is 0 Å². The maximum atomic E-state index is 12.6. The Hall–Kier alpha value is 0.590. The fraction of sp³-hybridized carbons (Fsp3) is 1.00. The normalized spacial score (nSPS) is 36.2. The molecule has 4 atom stereocenters. The Balaban J connectivity index is 2.69. The summed E-state index contributed by atoms with van der Waals surface area (Å²) < 4.78 is 51.5. The highest BCUT2D eigenvalue weighted by molar-refractivity contribution is 14.1. The van der Waals surface area contributed by atoms with Crippen LogP contribution in [0.3, 0.4) is 0 Å². The molecule has 0 N–H and O–H groups in total. The highest BCUT2D eigenvalue weighted by Gasteiger charge is 2.63. The summed E-state index contributed by atoms with van der Waals surface area (Å²) in [6, 6.07) is 0. The molecule has 2 saturated carbocycles. The van der Waals surface area contributed by atoms with Gasteiger partial charge in [0.1, 0.15) is 0 Å². The van der Waals surface area contributed by atoms with Gasteiger partial charge >= 0.3 is 0 Å². The van der Waals surface area contributed by atoms with E-state index in [4.69, 9.17) is 0 Å². The molecule has 8 heteroatoms. The van der Waals surface area contributed by atoms with Crippen molar-refractivity contribution in [2.75, 3.05) is 12.5 Å². The first-order chi connectivity index (χ1) is 11.3. The van der Waals surface area contributed by atoms with Gasteiger partial charge in [-0.15, -0.1) is 0 Å². The molecule has 2 aliphatic carbocycles. The Morgan fingerprint density at radius 1 is 1.12 bits per heavy atom. The third kappa shape index (κ3) is 4.06. The molecule has 3 unspecified atom stereocenters. The van der Waals surface area contributed by atoms with E-state index in [0.29, 0.717) is 12.3 Å². The standard InChI is InChI=1S/C17H32INO4S2/c1-6-8-13-11-15(18)17(19(24(4,20)21)25(5,22)23)10-7-9-14(17)16(2,3)12-13/h13-15H,6-12H2,1-5H3/t13?,14-,15?,17?/m0/s1. The summed E-state index contributed by atoms with van der Waals surface area (Å²) in [6.45, 7) is 6.59. The van der Waals surface area contributed by atoms with Crippen molar-refractivity contribution in [3.05, 3.63) is 0 Å². The molecule has 0 bridgehead atoms. The van der Waals surface area contributed by atoms with E-state index < -0.39 is 25.6 Å². The highest BCUT2D eigenvalue weighted by Crippen LogP contribution is 2.59. The summed E-state index contributed by atoms with van der Waals surface area (Å²) in [6.07, 6.45) is 8.64. The molecule has 2 aliphatic rings. The molecule has 0 aliphatic heterocycles. The quantitative estimate of drug-likeness (QED) is 0.421. The van der Waals surface area contributed by atoms with Crippen LogP contribution in [-0.2, 0) is 20.0 Å². The van der Waals surface area contributed by atoms with E-state index in [0.717, 1.165) is 54.7 Å². The smallest absolute Gasteiger partial charge is 0.212 e. The number of fused-ring (bicyclic) bond motifs is 1. The van der Waals surface area contributed by atoms with Crippen LogP contribution in [0.25, 0.3) is 0 Å². The van der Waals surface area contributed by atoms with Crippen LogP contribution in [-0.4, -0.2) is 42.5 Å². The zero-order valence-electron chi connectivity index (χ0n) is 16.0. The molecule has 25 heavy (non-hydrogen) atoms. The number of hydrogen-bond donors (Lipinski definition) is 0. The second-order valence-corrected chi connectivity index (χ2v) is 14.1. The van der Waals surface area contributed by atoms with Gasteiger partial charge in [-0.3, -0.25) is 0 Å². The monoisotopic (exact) mass is 505 g/mol. The van der Waals surface area contributed by atoms with Crippen molar-refractivity contribution in [3.63, 3.8) is 0 Å². The number of halogens is 1. The van der Waals surface area contributed by atoms with E-state index >= 15 is 0 Å². The van der Waals surface area contributed by atoms with Gasteiger partial charge in [-0.25, -0.2) is 16.8 Å². The van der Waals surface area contributed by atoms with E-state index in [-0.39, 0.29) is 15.3 Å². The van der Waals surface area contributed by atoms with Gasteiger partial charge in [-0.2, -0.15) is 0 Å². The molecule has 0 heterocycles. The van der Waals surface area contributed by atoms with Crippen molar-refractivity contribution in [1.29, 1.82) is 0 Å². The van der Waals surface area contributed by atoms with Crippen molar-refractivity contribution in [2.45, 2.75) is 75.2 Å². The number of nitrogens with zero attached hydrogens (tertiary/aromatic N) is 1. The minimum absolute atomic E-state index is 0.000347. The molecule has 148 valence electrons. The van der Waals surface area contributed by atoms with E-state index in [1.807, 2.05) is 0 Å². The molecule has 0 amide bonds. The first-order valence-corrected chi connectivity index (χ1v) is 14.1. The Labute approximate surface area is 167 Å². The fourth-order valence-electron chi connectivity index (χ4n) is 5.75. The Morgan fingerprint density at radius 2 is 1.68 bits per heavy atom. The van der Waals surface area contributed by atoms with Gasteiger partial charge in [-0.05, 0) is 42.9 Å². The number of rotatable bonds is 5. The first kappa shape index (κ1) is 21.9. The molecule has 0 spiro atoms. The van der Waals surface area contributed by atoms with Crippen LogP contribution in [0.5, 0.6) is 0 Å². The van der Waals surface area contributed by atoms with Gasteiger partial charge in [-0.1, -0.05) is 66.3 Å². The lowest BCUT2D eigenvalue weighted by atomic mass is 9.68. The zero-order chi connectivity index (χ0) is 19.3. The molecule has 5 nitrogen and oxygen atoms in total. The molecule has 0 aromatic rings. The van der Waals surface area contributed by atoms with Crippen molar-refractivity contribution in [2.24, 2.45) is 17.3 Å². The lowest BCUT2D eigenvalue weighted by molar-refractivity contribution is 0.0929. The molecule has 0 radical (unpaired) electrons. The second kappa shape index (κ2) is 7.20. The van der Waals surface area contributed by atoms with Crippen molar-refractivity contribution in [1.82, 2.24) is 3.71 Å². The molecular formula is C17H32INO4S2. The maximum Gasteiger partial charge on any atom is 0.224 e. The minimum Gasteiger partial charge on any atom is -0.212 e. The van der Waals surface area contributed by atoms with Crippen molar-refractivity contribution < 1.29 is 16.8 Å². The zero-order valence-corrected chi connectivity index (χ0v) is 19.7. The minimum atomic E-state index is -3.87. The van der Waals surface area contributed by atoms with Gasteiger partial charge in [0.15, 0.2) is 0 Å². The van der Waals surface area contributed by atoms with Gasteiger partial charge in [0.2, 0.25) is 20.0 Å². The van der Waals surface area contributed by atoms with Gasteiger partial charge in [0.05, 0.1) is 18.1 Å². The van der Waals surface area contributed by atoms with Crippen LogP contribution >= 0.6 is 22.6 Å². The SMILES string of the molecule is CCCC1CC(I)C2(N(S(C)(=O)=O)S(C)(=O)=O)CCC[C@H]2C(C)(C)C1. The first-order valence-electron chi connectivity index (χ1n) is 9.11. The Kier molecular flexibility index (Phi) is 6.30. The summed E-state index contributed by atoms with van der Waals surface area (Å²) in [5.41, 5.74) is -0.905. The summed E-state index contributed by atoms with van der Waals surface area (Å²) in [5.74, 6) is 0.582. The van der Waals surface area contributed by atoms with E-state index in [9.17, 15) is 16.8 Å². The van der Waals surface area contributed by atoms with Crippen LogP contribution in [0.1, 0.15) is 65.7 Å². The van der Waals surface area contributed by atoms with Crippen molar-refractivity contribution in [3.8, 4) is 0 Å². The fourth-order valence-corrected chi connectivity index (χ4v) is 11.8. The van der Waals surface area contributed by atoms with Crippen LogP contribution in [0.15, 0.2) is 0 Å². The summed E-state index contributed by atoms with van der Waals surface area (Å²) in [5, 5.41) is 0. The molecule has 0 aromatic heterocycles. The third-order valence-electron chi connectivity index (χ3n) is 6.15. The summed E-state index contributed by atoms with van der Waals surface area (Å²) in [4.78, 5) is 0. The van der Waals surface area contributed by atoms with Crippen LogP contribution < -0.4 is 0 Å². The molecule has 0 aromatic carbocycles. The lowest BCUT2D eigenvalue weighted by Gasteiger charge is -2.49. The van der Waals surface area contributed by atoms with Gasteiger partial charge in [0, 0.05) is 3.92 Å². The van der Waals surface area contributed by atoms with Crippen LogP contribution in [0, 0.1) is 17.3 Å². The third-order valence-corrected chi connectivity index (χ3v) is 11.3. The summed E-state index contributed by atoms with van der Waals surface area (Å²) >= 11 is 2.35. The largest absolute Gasteiger partial charge is 0.224 e. The average Bonchev–Trinajstić information content (AvgIpc) is 2.78. The Morgan fingerprint density at radius 3 is 2.16 bits per heavy atom. The van der Waals surface area contributed by atoms with Gasteiger partial charge in [0.25, 0.3) is 0 Å². The average molecular weight is 505 g/mol. The van der Waals surface area contributed by atoms with Crippen LogP contribution in [0.4, 0.5) is 0 Å². The predicted molar refractivity (Wildman–Crippen MR) is 111 cm³/mol. The molecule has 2 fully saturated rings. The van der Waals surface area contributed by atoms with E-state index in [2.05, 4.69) is 43.4 Å². The molecule has 2 rings (SSSR count). The van der Waals surface area contributed by atoms with Crippen molar-refractivity contribution >= 4 is 42.6 Å². The predicted octanol–water partition coefficient (Wildman–Crippen LogP) is 3.79. The lowest BCUT2D eigenvalue weighted by Crippen LogP contribution is -2.62. The number of sulfonamides is 2. The van der Waals surface area contributed by atoms with E-state index in [1.165, 1.54) is 0 Å². The molecular weight excluding hydrogens is 473 g/mol. The Bertz CT molecular complexity index is 672. The molecule has 0 saturated heterocycles. The maximum absolute atomic E-state index is 12.6. The second-order valence-electron chi connectivity index (χ2n) is 8.71. The van der Waals surface area contributed by atoms with Crippen LogP contribution in [0.2, 0.25) is 0 Å².